The number of hydrogen-bond acceptors (Lipinski definition) is 3. The molecule has 3 heteroatoms. The predicted octanol–water partition coefficient (Wildman–Crippen LogP) is 8.32. The SMILES string of the molecule is CCC(O)(C=C(C)c1ccc(C(CC)(CC)c2ccc(OC(=O)C(C)(C)C)c(C)c2)cc1C)CC. The molecule has 0 fully saturated rings. The monoisotopic (exact) mass is 478 g/mol. The molecule has 0 atom stereocenters. The smallest absolute Gasteiger partial charge is 0.316 e. The van der Waals surface area contributed by atoms with Crippen molar-refractivity contribution in [2.75, 3.05) is 0 Å². The number of carbonyl (C=O) groups is 1. The zero-order chi connectivity index (χ0) is 26.6. The summed E-state index contributed by atoms with van der Waals surface area (Å²) in [5, 5.41) is 10.8. The van der Waals surface area contributed by atoms with Gasteiger partial charge in [-0.05, 0) is 113 Å². The van der Waals surface area contributed by atoms with Gasteiger partial charge < -0.3 is 9.84 Å². The summed E-state index contributed by atoms with van der Waals surface area (Å²) < 4.78 is 5.70. The van der Waals surface area contributed by atoms with Crippen LogP contribution in [0.15, 0.2) is 42.5 Å². The van der Waals surface area contributed by atoms with Gasteiger partial charge in [-0.15, -0.1) is 0 Å². The number of ether oxygens (including phenoxy) is 1. The molecule has 2 aromatic rings. The molecule has 2 aromatic carbocycles. The standard InChI is InChI=1S/C32H46O3/c1-11-31(34,12-2)21-24(7)27-17-15-25(19-22(27)5)32(13-3,14-4)26-16-18-28(23(6)20-26)35-29(33)30(8,9)10/h15-21,34H,11-14H2,1-10H3. The molecule has 0 bridgehead atoms. The van der Waals surface area contributed by atoms with E-state index >= 15 is 0 Å². The molecule has 0 spiro atoms. The Labute approximate surface area is 213 Å². The normalized spacial score (nSPS) is 13.2. The first-order chi connectivity index (χ1) is 16.3. The molecule has 0 aliphatic rings. The van der Waals surface area contributed by atoms with Gasteiger partial charge >= 0.3 is 5.97 Å². The summed E-state index contributed by atoms with van der Waals surface area (Å²) in [5.74, 6) is 0.402. The number of aliphatic hydroxyl groups is 1. The lowest BCUT2D eigenvalue weighted by Crippen LogP contribution is -2.27. The Morgan fingerprint density at radius 3 is 1.80 bits per heavy atom. The molecule has 0 aliphatic heterocycles. The van der Waals surface area contributed by atoms with E-state index in [9.17, 15) is 9.90 Å². The highest BCUT2D eigenvalue weighted by Gasteiger charge is 2.32. The molecule has 192 valence electrons. The summed E-state index contributed by atoms with van der Waals surface area (Å²) in [6.45, 7) is 20.4. The van der Waals surface area contributed by atoms with Crippen molar-refractivity contribution in [2.45, 2.75) is 106 Å². The van der Waals surface area contributed by atoms with Gasteiger partial charge in [0.15, 0.2) is 0 Å². The quantitative estimate of drug-likeness (QED) is 0.291. The molecule has 0 aromatic heterocycles. The molecule has 3 nitrogen and oxygen atoms in total. The Morgan fingerprint density at radius 2 is 1.37 bits per heavy atom. The summed E-state index contributed by atoms with van der Waals surface area (Å²) in [5.41, 5.74) is 5.56. The molecule has 0 saturated carbocycles. The Balaban J connectivity index is 2.50. The summed E-state index contributed by atoms with van der Waals surface area (Å²) in [6.07, 6.45) is 5.34. The van der Waals surface area contributed by atoms with E-state index in [1.54, 1.807) is 0 Å². The molecule has 0 saturated heterocycles. The highest BCUT2D eigenvalue weighted by Crippen LogP contribution is 2.41. The predicted molar refractivity (Wildman–Crippen MR) is 148 cm³/mol. The van der Waals surface area contributed by atoms with Gasteiger partial charge in [0.1, 0.15) is 5.75 Å². The van der Waals surface area contributed by atoms with Gasteiger partial charge in [0.25, 0.3) is 0 Å². The Hall–Kier alpha value is -2.39. The number of aryl methyl sites for hydroxylation is 2. The van der Waals surface area contributed by atoms with Crippen LogP contribution in [0.3, 0.4) is 0 Å². The van der Waals surface area contributed by atoms with Crippen LogP contribution in [0, 0.1) is 19.3 Å². The first-order valence-corrected chi connectivity index (χ1v) is 13.1. The van der Waals surface area contributed by atoms with E-state index in [4.69, 9.17) is 4.74 Å². The van der Waals surface area contributed by atoms with Gasteiger partial charge in [-0.1, -0.05) is 58.0 Å². The molecular formula is C32H46O3. The van der Waals surface area contributed by atoms with Crippen molar-refractivity contribution in [3.05, 3.63) is 70.3 Å². The molecule has 0 unspecified atom stereocenters. The Kier molecular flexibility index (Phi) is 9.16. The third-order valence-corrected chi connectivity index (χ3v) is 7.66. The summed E-state index contributed by atoms with van der Waals surface area (Å²) in [7, 11) is 0. The van der Waals surface area contributed by atoms with Crippen LogP contribution in [0.2, 0.25) is 0 Å². The van der Waals surface area contributed by atoms with Gasteiger partial charge in [0, 0.05) is 5.41 Å². The minimum absolute atomic E-state index is 0.133. The van der Waals surface area contributed by atoms with Crippen molar-refractivity contribution in [3.8, 4) is 5.75 Å². The van der Waals surface area contributed by atoms with Crippen LogP contribution in [-0.2, 0) is 10.2 Å². The van der Waals surface area contributed by atoms with Gasteiger partial charge in [0.2, 0.25) is 0 Å². The molecule has 1 N–H and O–H groups in total. The molecule has 0 aliphatic carbocycles. The number of rotatable bonds is 9. The molecule has 0 amide bonds. The Bertz CT molecular complexity index is 1060. The highest BCUT2D eigenvalue weighted by molar-refractivity contribution is 5.78. The van der Waals surface area contributed by atoms with Crippen molar-refractivity contribution in [3.63, 3.8) is 0 Å². The second-order valence-corrected chi connectivity index (χ2v) is 11.1. The summed E-state index contributed by atoms with van der Waals surface area (Å²) >= 11 is 0. The fraction of sp³-hybridized carbons (Fsp3) is 0.531. The van der Waals surface area contributed by atoms with Crippen molar-refractivity contribution in [2.24, 2.45) is 5.41 Å². The second-order valence-electron chi connectivity index (χ2n) is 11.1. The largest absolute Gasteiger partial charge is 0.426 e. The van der Waals surface area contributed by atoms with Crippen LogP contribution in [0.5, 0.6) is 5.75 Å². The van der Waals surface area contributed by atoms with Gasteiger partial charge in [0.05, 0.1) is 11.0 Å². The summed E-state index contributed by atoms with van der Waals surface area (Å²) in [6, 6.07) is 13.0. The maximum Gasteiger partial charge on any atom is 0.316 e. The number of benzene rings is 2. The van der Waals surface area contributed by atoms with E-state index in [0.29, 0.717) is 18.6 Å². The first kappa shape index (κ1) is 28.8. The molecule has 35 heavy (non-hydrogen) atoms. The number of esters is 1. The fourth-order valence-electron chi connectivity index (χ4n) is 4.89. The molecule has 0 radical (unpaired) electrons. The second kappa shape index (κ2) is 11.1. The summed E-state index contributed by atoms with van der Waals surface area (Å²) in [4.78, 5) is 12.4. The van der Waals surface area contributed by atoms with Crippen molar-refractivity contribution >= 4 is 11.5 Å². The van der Waals surface area contributed by atoms with E-state index in [-0.39, 0.29) is 11.4 Å². The number of carbonyl (C=O) groups excluding carboxylic acids is 1. The Morgan fingerprint density at radius 1 is 0.857 bits per heavy atom. The lowest BCUT2D eigenvalue weighted by atomic mass is 9.69. The van der Waals surface area contributed by atoms with E-state index in [2.05, 4.69) is 58.0 Å². The zero-order valence-electron chi connectivity index (χ0n) is 23.6. The van der Waals surface area contributed by atoms with Crippen LogP contribution in [0.25, 0.3) is 5.57 Å². The van der Waals surface area contributed by atoms with Crippen molar-refractivity contribution in [1.29, 1.82) is 0 Å². The van der Waals surface area contributed by atoms with Crippen LogP contribution >= 0.6 is 0 Å². The number of hydrogen-bond donors (Lipinski definition) is 1. The van der Waals surface area contributed by atoms with Gasteiger partial charge in [-0.25, -0.2) is 0 Å². The van der Waals surface area contributed by atoms with E-state index in [0.717, 1.165) is 24.0 Å². The lowest BCUT2D eigenvalue weighted by Gasteiger charge is -2.34. The van der Waals surface area contributed by atoms with Gasteiger partial charge in [-0.3, -0.25) is 4.79 Å². The number of allylic oxidation sites excluding steroid dienone is 1. The minimum Gasteiger partial charge on any atom is -0.426 e. The first-order valence-electron chi connectivity index (χ1n) is 13.1. The topological polar surface area (TPSA) is 46.5 Å². The maximum atomic E-state index is 12.4. The van der Waals surface area contributed by atoms with Crippen LogP contribution in [0.4, 0.5) is 0 Å². The van der Waals surface area contributed by atoms with E-state index < -0.39 is 11.0 Å². The van der Waals surface area contributed by atoms with Crippen LogP contribution in [0.1, 0.15) is 109 Å². The molecule has 0 heterocycles. The zero-order valence-corrected chi connectivity index (χ0v) is 23.6. The highest BCUT2D eigenvalue weighted by atomic mass is 16.5. The maximum absolute atomic E-state index is 12.4. The van der Waals surface area contributed by atoms with Gasteiger partial charge in [-0.2, -0.15) is 0 Å². The molecular weight excluding hydrogens is 432 g/mol. The third-order valence-electron chi connectivity index (χ3n) is 7.66. The van der Waals surface area contributed by atoms with Crippen molar-refractivity contribution in [1.82, 2.24) is 0 Å². The van der Waals surface area contributed by atoms with Crippen molar-refractivity contribution < 1.29 is 14.6 Å². The molecule has 2 rings (SSSR count). The van der Waals surface area contributed by atoms with E-state index in [1.165, 1.54) is 22.3 Å². The van der Waals surface area contributed by atoms with Crippen LogP contribution < -0.4 is 4.74 Å². The average molecular weight is 479 g/mol. The average Bonchev–Trinajstić information content (AvgIpc) is 2.81. The fourth-order valence-corrected chi connectivity index (χ4v) is 4.89. The minimum atomic E-state index is -0.762. The third kappa shape index (κ3) is 6.25. The van der Waals surface area contributed by atoms with E-state index in [1.807, 2.05) is 53.7 Å². The van der Waals surface area contributed by atoms with Crippen LogP contribution in [-0.4, -0.2) is 16.7 Å². The lowest BCUT2D eigenvalue weighted by molar-refractivity contribution is -0.143.